The van der Waals surface area contributed by atoms with Crippen LogP contribution in [0.3, 0.4) is 0 Å². The lowest BCUT2D eigenvalue weighted by Gasteiger charge is -2.23. The van der Waals surface area contributed by atoms with Crippen molar-refractivity contribution in [3.05, 3.63) is 18.2 Å². The van der Waals surface area contributed by atoms with Crippen molar-refractivity contribution in [1.82, 2.24) is 4.31 Å². The predicted octanol–water partition coefficient (Wildman–Crippen LogP) is 1.25. The number of nitrogens with two attached hydrogens (primary N) is 1. The first-order valence-corrected chi connectivity index (χ1v) is 8.56. The number of ether oxygens (including phenoxy) is 1. The van der Waals surface area contributed by atoms with Crippen LogP contribution in [0.1, 0.15) is 19.3 Å². The summed E-state index contributed by atoms with van der Waals surface area (Å²) in [5.74, 6) is 0. The molecule has 3 unspecified atom stereocenters. The number of hydrogen-bond acceptors (Lipinski definition) is 5. The van der Waals surface area contributed by atoms with Gasteiger partial charge < -0.3 is 15.8 Å². The van der Waals surface area contributed by atoms with E-state index in [2.05, 4.69) is 5.32 Å². The summed E-state index contributed by atoms with van der Waals surface area (Å²) < 4.78 is 31.5. The van der Waals surface area contributed by atoms with E-state index in [9.17, 15) is 8.42 Å². The third-order valence-electron chi connectivity index (χ3n) is 4.27. The molecule has 1 aromatic carbocycles. The lowest BCUT2D eigenvalue weighted by Crippen LogP contribution is -2.31. The summed E-state index contributed by atoms with van der Waals surface area (Å²) in [5.41, 5.74) is 7.01. The number of rotatable bonds is 4. The second-order valence-electron chi connectivity index (χ2n) is 5.87. The van der Waals surface area contributed by atoms with Gasteiger partial charge in [-0.1, -0.05) is 6.07 Å². The third kappa shape index (κ3) is 2.49. The summed E-state index contributed by atoms with van der Waals surface area (Å²) in [6.45, 7) is 0. The Morgan fingerprint density at radius 2 is 2.10 bits per heavy atom. The van der Waals surface area contributed by atoms with Crippen LogP contribution in [0.25, 0.3) is 0 Å². The van der Waals surface area contributed by atoms with Gasteiger partial charge in [-0.15, -0.1) is 0 Å². The molecular formula is C14H21N3O3S. The van der Waals surface area contributed by atoms with Crippen LogP contribution in [0.15, 0.2) is 23.1 Å². The smallest absolute Gasteiger partial charge is 0.244 e. The Bertz CT molecular complexity index is 645. The zero-order valence-corrected chi connectivity index (χ0v) is 13.1. The van der Waals surface area contributed by atoms with Crippen LogP contribution in [-0.2, 0) is 14.8 Å². The Labute approximate surface area is 125 Å². The molecule has 2 heterocycles. The maximum absolute atomic E-state index is 12.3. The summed E-state index contributed by atoms with van der Waals surface area (Å²) in [5, 5.41) is 3.36. The number of nitrogens with one attached hydrogen (secondary N) is 1. The van der Waals surface area contributed by atoms with Gasteiger partial charge in [0.15, 0.2) is 0 Å². The highest BCUT2D eigenvalue weighted by molar-refractivity contribution is 7.89. The molecule has 0 spiro atoms. The molecule has 0 aliphatic carbocycles. The highest BCUT2D eigenvalue weighted by Crippen LogP contribution is 2.37. The molecule has 1 aromatic rings. The topological polar surface area (TPSA) is 84.7 Å². The average Bonchev–Trinajstić information content (AvgIpc) is 3.03. The van der Waals surface area contributed by atoms with Crippen molar-refractivity contribution in [1.29, 1.82) is 0 Å². The van der Waals surface area contributed by atoms with E-state index < -0.39 is 10.0 Å². The molecule has 6 nitrogen and oxygen atoms in total. The largest absolute Gasteiger partial charge is 0.396 e. The van der Waals surface area contributed by atoms with Crippen molar-refractivity contribution in [3.8, 4) is 0 Å². The van der Waals surface area contributed by atoms with Crippen LogP contribution in [-0.4, -0.2) is 45.1 Å². The Kier molecular flexibility index (Phi) is 3.59. The lowest BCUT2D eigenvalue weighted by molar-refractivity contribution is 0.102. The van der Waals surface area contributed by atoms with Gasteiger partial charge in [-0.25, -0.2) is 12.7 Å². The summed E-state index contributed by atoms with van der Waals surface area (Å²) in [6, 6.07) is 5.27. The first-order valence-electron chi connectivity index (χ1n) is 7.12. The molecule has 7 heteroatoms. The second-order valence-corrected chi connectivity index (χ2v) is 7.99. The minimum absolute atomic E-state index is 0.140. The lowest BCUT2D eigenvalue weighted by atomic mass is 9.95. The molecule has 2 fully saturated rings. The van der Waals surface area contributed by atoms with Crippen LogP contribution in [0, 0.1) is 0 Å². The molecule has 2 saturated heterocycles. The Balaban J connectivity index is 1.87. The monoisotopic (exact) mass is 311 g/mol. The number of hydrogen-bond donors (Lipinski definition) is 2. The molecule has 116 valence electrons. The third-order valence-corrected chi connectivity index (χ3v) is 6.14. The van der Waals surface area contributed by atoms with Gasteiger partial charge in [0.2, 0.25) is 10.0 Å². The number of anilines is 2. The Morgan fingerprint density at radius 1 is 1.33 bits per heavy atom. The fourth-order valence-corrected chi connectivity index (χ4v) is 4.11. The van der Waals surface area contributed by atoms with Gasteiger partial charge in [0.1, 0.15) is 4.90 Å². The molecule has 3 N–H and O–H groups in total. The normalized spacial score (nSPS) is 28.2. The van der Waals surface area contributed by atoms with Crippen molar-refractivity contribution >= 4 is 21.4 Å². The number of benzene rings is 1. The molecule has 2 bridgehead atoms. The average molecular weight is 311 g/mol. The van der Waals surface area contributed by atoms with E-state index in [-0.39, 0.29) is 22.7 Å². The van der Waals surface area contributed by atoms with Gasteiger partial charge in [0.05, 0.1) is 29.6 Å². The number of nitrogens with zero attached hydrogens (tertiary/aromatic N) is 1. The summed E-state index contributed by atoms with van der Waals surface area (Å²) in [4.78, 5) is 0.140. The van der Waals surface area contributed by atoms with Gasteiger partial charge in [0.25, 0.3) is 0 Å². The summed E-state index contributed by atoms with van der Waals surface area (Å²) in [6.07, 6.45) is 3.67. The number of para-hydroxylation sites is 1. The minimum atomic E-state index is -3.54. The standard InChI is InChI=1S/C14H21N3O3S/c1-17(2)21(18,19)13-5-3-4-10(14(13)15)16-11-8-9-6-7-12(11)20-9/h3-5,9,11-12,16H,6-8,15H2,1-2H3. The van der Waals surface area contributed by atoms with E-state index >= 15 is 0 Å². The molecule has 0 radical (unpaired) electrons. The first-order chi connectivity index (χ1) is 9.89. The van der Waals surface area contributed by atoms with Crippen molar-refractivity contribution in [3.63, 3.8) is 0 Å². The molecule has 0 saturated carbocycles. The van der Waals surface area contributed by atoms with Gasteiger partial charge in [-0.3, -0.25) is 0 Å². The minimum Gasteiger partial charge on any atom is -0.396 e. The van der Waals surface area contributed by atoms with Gasteiger partial charge in [-0.05, 0) is 31.4 Å². The van der Waals surface area contributed by atoms with E-state index in [0.29, 0.717) is 11.8 Å². The fourth-order valence-electron chi connectivity index (χ4n) is 3.08. The van der Waals surface area contributed by atoms with Crippen LogP contribution < -0.4 is 11.1 Å². The number of fused-ring (bicyclic) bond motifs is 2. The predicted molar refractivity (Wildman–Crippen MR) is 81.6 cm³/mol. The van der Waals surface area contributed by atoms with Crippen molar-refractivity contribution < 1.29 is 13.2 Å². The quantitative estimate of drug-likeness (QED) is 0.818. The highest BCUT2D eigenvalue weighted by atomic mass is 32.2. The van der Waals surface area contributed by atoms with E-state index in [1.807, 2.05) is 6.07 Å². The summed E-state index contributed by atoms with van der Waals surface area (Å²) >= 11 is 0. The molecule has 3 atom stereocenters. The van der Waals surface area contributed by atoms with Crippen LogP contribution in [0.2, 0.25) is 0 Å². The maximum atomic E-state index is 12.3. The van der Waals surface area contributed by atoms with Gasteiger partial charge in [-0.2, -0.15) is 0 Å². The van der Waals surface area contributed by atoms with Gasteiger partial charge in [0, 0.05) is 14.1 Å². The highest BCUT2D eigenvalue weighted by Gasteiger charge is 2.41. The Morgan fingerprint density at radius 3 is 2.67 bits per heavy atom. The van der Waals surface area contributed by atoms with Crippen molar-refractivity contribution in [2.45, 2.75) is 42.4 Å². The second kappa shape index (κ2) is 5.15. The van der Waals surface area contributed by atoms with Crippen molar-refractivity contribution in [2.24, 2.45) is 0 Å². The SMILES string of the molecule is CN(C)S(=O)(=O)c1cccc(NC2CC3CCC2O3)c1N. The van der Waals surface area contributed by atoms with E-state index in [1.165, 1.54) is 24.5 Å². The molecule has 0 aromatic heterocycles. The molecule has 0 amide bonds. The van der Waals surface area contributed by atoms with Crippen LogP contribution >= 0.6 is 0 Å². The fraction of sp³-hybridized carbons (Fsp3) is 0.571. The van der Waals surface area contributed by atoms with Crippen LogP contribution in [0.5, 0.6) is 0 Å². The number of nitrogen functional groups attached to an aromatic ring is 1. The van der Waals surface area contributed by atoms with Crippen molar-refractivity contribution in [2.75, 3.05) is 25.1 Å². The molecular weight excluding hydrogens is 290 g/mol. The van der Waals surface area contributed by atoms with E-state index in [0.717, 1.165) is 19.3 Å². The van der Waals surface area contributed by atoms with Crippen LogP contribution in [0.4, 0.5) is 11.4 Å². The number of sulfonamides is 1. The molecule has 21 heavy (non-hydrogen) atoms. The van der Waals surface area contributed by atoms with E-state index in [1.54, 1.807) is 6.07 Å². The van der Waals surface area contributed by atoms with E-state index in [4.69, 9.17) is 10.5 Å². The van der Waals surface area contributed by atoms with Gasteiger partial charge >= 0.3 is 0 Å². The summed E-state index contributed by atoms with van der Waals surface area (Å²) in [7, 11) is -0.540. The first kappa shape index (κ1) is 14.6. The zero-order valence-electron chi connectivity index (χ0n) is 12.2. The maximum Gasteiger partial charge on any atom is 0.244 e. The Hall–Kier alpha value is -1.31. The molecule has 2 aliphatic heterocycles. The molecule has 2 aliphatic rings. The zero-order chi connectivity index (χ0) is 15.2. The molecule has 3 rings (SSSR count).